The molecule has 1 aliphatic heterocycles. The molecule has 1 saturated heterocycles. The molecule has 1 amide bonds. The smallest absolute Gasteiger partial charge is 0.331 e. The van der Waals surface area contributed by atoms with Crippen LogP contribution in [0.2, 0.25) is 0 Å². The number of hydrogen-bond acceptors (Lipinski definition) is 4. The lowest BCUT2D eigenvalue weighted by Crippen LogP contribution is -2.49. The summed E-state index contributed by atoms with van der Waals surface area (Å²) in [7, 11) is 0. The first-order chi connectivity index (χ1) is 13.1. The minimum Gasteiger partial charge on any atom is -0.452 e. The summed E-state index contributed by atoms with van der Waals surface area (Å²) in [6.07, 6.45) is 3.07. The van der Waals surface area contributed by atoms with Crippen LogP contribution in [0.5, 0.6) is 0 Å². The minimum atomic E-state index is -0.505. The fourth-order valence-electron chi connectivity index (χ4n) is 3.06. The van der Waals surface area contributed by atoms with Crippen LogP contribution in [0.25, 0.3) is 6.08 Å². The van der Waals surface area contributed by atoms with Crippen molar-refractivity contribution in [1.82, 2.24) is 4.90 Å². The maximum absolute atomic E-state index is 12.3. The van der Waals surface area contributed by atoms with E-state index in [1.807, 2.05) is 49.4 Å². The molecule has 0 aromatic heterocycles. The molecule has 0 saturated carbocycles. The van der Waals surface area contributed by atoms with Crippen molar-refractivity contribution in [1.29, 1.82) is 0 Å². The van der Waals surface area contributed by atoms with Crippen LogP contribution in [0.15, 0.2) is 60.7 Å². The number of nitrogens with zero attached hydrogens (tertiary/aromatic N) is 2. The Kier molecular flexibility index (Phi) is 6.26. The Hall–Kier alpha value is -3.08. The molecule has 27 heavy (non-hydrogen) atoms. The molecule has 1 heterocycles. The van der Waals surface area contributed by atoms with Crippen molar-refractivity contribution in [2.75, 3.05) is 37.7 Å². The SMILES string of the molecule is Cc1ccccc1/C=C/C(=O)OCC(=O)N1CCN(c2ccccc2)CC1. The lowest BCUT2D eigenvalue weighted by atomic mass is 10.1. The lowest BCUT2D eigenvalue weighted by Gasteiger charge is -2.36. The van der Waals surface area contributed by atoms with Gasteiger partial charge in [-0.25, -0.2) is 4.79 Å². The monoisotopic (exact) mass is 364 g/mol. The first-order valence-electron chi connectivity index (χ1n) is 9.12. The van der Waals surface area contributed by atoms with Gasteiger partial charge in [0, 0.05) is 37.9 Å². The standard InChI is InChI=1S/C22H24N2O3/c1-18-7-5-6-8-19(18)11-12-22(26)27-17-21(25)24-15-13-23(14-16-24)20-9-3-2-4-10-20/h2-12H,13-17H2,1H3/b12-11+. The zero-order valence-corrected chi connectivity index (χ0v) is 15.5. The maximum atomic E-state index is 12.3. The highest BCUT2D eigenvalue weighted by Gasteiger charge is 2.21. The normalized spacial score (nSPS) is 14.4. The van der Waals surface area contributed by atoms with Gasteiger partial charge in [0.15, 0.2) is 6.61 Å². The fourth-order valence-corrected chi connectivity index (χ4v) is 3.06. The molecule has 5 nitrogen and oxygen atoms in total. The number of ether oxygens (including phenoxy) is 1. The van der Waals surface area contributed by atoms with Crippen LogP contribution < -0.4 is 4.90 Å². The van der Waals surface area contributed by atoms with Gasteiger partial charge in [-0.15, -0.1) is 0 Å². The average Bonchev–Trinajstić information content (AvgIpc) is 2.72. The van der Waals surface area contributed by atoms with Crippen molar-refractivity contribution in [3.05, 3.63) is 71.8 Å². The Labute approximate surface area is 159 Å². The van der Waals surface area contributed by atoms with E-state index in [4.69, 9.17) is 4.74 Å². The molecule has 1 fully saturated rings. The molecule has 0 unspecified atom stereocenters. The summed E-state index contributed by atoms with van der Waals surface area (Å²) in [6.45, 7) is 4.56. The summed E-state index contributed by atoms with van der Waals surface area (Å²) >= 11 is 0. The van der Waals surface area contributed by atoms with Crippen molar-refractivity contribution < 1.29 is 14.3 Å². The molecule has 1 aliphatic rings. The third-order valence-corrected chi connectivity index (χ3v) is 4.68. The van der Waals surface area contributed by atoms with E-state index in [0.29, 0.717) is 13.1 Å². The van der Waals surface area contributed by atoms with Crippen molar-refractivity contribution >= 4 is 23.6 Å². The van der Waals surface area contributed by atoms with Gasteiger partial charge in [0.1, 0.15) is 0 Å². The Balaban J connectivity index is 1.43. The Morgan fingerprint density at radius 1 is 0.963 bits per heavy atom. The van der Waals surface area contributed by atoms with Gasteiger partial charge in [-0.2, -0.15) is 0 Å². The molecule has 0 N–H and O–H groups in total. The van der Waals surface area contributed by atoms with Crippen molar-refractivity contribution in [2.45, 2.75) is 6.92 Å². The number of carbonyl (C=O) groups is 2. The van der Waals surface area contributed by atoms with E-state index < -0.39 is 5.97 Å². The second-order valence-electron chi connectivity index (χ2n) is 6.50. The van der Waals surface area contributed by atoms with Crippen molar-refractivity contribution in [2.24, 2.45) is 0 Å². The summed E-state index contributed by atoms with van der Waals surface area (Å²) in [5, 5.41) is 0. The molecular weight excluding hydrogens is 340 g/mol. The molecule has 2 aromatic rings. The highest BCUT2D eigenvalue weighted by atomic mass is 16.5. The summed E-state index contributed by atoms with van der Waals surface area (Å²) in [6, 6.07) is 17.9. The number of aryl methyl sites for hydroxylation is 1. The highest BCUT2D eigenvalue weighted by molar-refractivity contribution is 5.89. The number of benzene rings is 2. The number of piperazine rings is 1. The zero-order valence-electron chi connectivity index (χ0n) is 15.5. The predicted octanol–water partition coefficient (Wildman–Crippen LogP) is 2.90. The van der Waals surface area contributed by atoms with Gasteiger partial charge < -0.3 is 14.5 Å². The number of para-hydroxylation sites is 1. The molecule has 2 aromatic carbocycles. The minimum absolute atomic E-state index is 0.152. The Morgan fingerprint density at radius 2 is 1.63 bits per heavy atom. The van der Waals surface area contributed by atoms with Gasteiger partial charge in [0.25, 0.3) is 5.91 Å². The van der Waals surface area contributed by atoms with Gasteiger partial charge in [0.05, 0.1) is 0 Å². The summed E-state index contributed by atoms with van der Waals surface area (Å²) in [5.74, 6) is -0.658. The average molecular weight is 364 g/mol. The molecule has 0 spiro atoms. The van der Waals surface area contributed by atoms with Crippen molar-refractivity contribution in [3.63, 3.8) is 0 Å². The van der Waals surface area contributed by atoms with E-state index in [1.54, 1.807) is 11.0 Å². The number of anilines is 1. The third kappa shape index (κ3) is 5.20. The number of esters is 1. The van der Waals surface area contributed by atoms with E-state index in [2.05, 4.69) is 17.0 Å². The predicted molar refractivity (Wildman–Crippen MR) is 106 cm³/mol. The molecule has 5 heteroatoms. The third-order valence-electron chi connectivity index (χ3n) is 4.68. The number of amides is 1. The maximum Gasteiger partial charge on any atom is 0.331 e. The van der Waals surface area contributed by atoms with Crippen LogP contribution in [0.1, 0.15) is 11.1 Å². The molecule has 3 rings (SSSR count). The Morgan fingerprint density at radius 3 is 2.33 bits per heavy atom. The first kappa shape index (κ1) is 18.7. The largest absolute Gasteiger partial charge is 0.452 e. The van der Waals surface area contributed by atoms with Gasteiger partial charge >= 0.3 is 5.97 Å². The summed E-state index contributed by atoms with van der Waals surface area (Å²) in [5.41, 5.74) is 3.20. The van der Waals surface area contributed by atoms with E-state index in [9.17, 15) is 9.59 Å². The molecule has 140 valence electrons. The molecule has 0 atom stereocenters. The molecule has 0 radical (unpaired) electrons. The van der Waals surface area contributed by atoms with Crippen molar-refractivity contribution in [3.8, 4) is 0 Å². The van der Waals surface area contributed by atoms with Gasteiger partial charge in [-0.1, -0.05) is 42.5 Å². The summed E-state index contributed by atoms with van der Waals surface area (Å²) < 4.78 is 5.10. The van der Waals surface area contributed by atoms with E-state index >= 15 is 0 Å². The quantitative estimate of drug-likeness (QED) is 0.605. The van der Waals surface area contributed by atoms with Crippen LogP contribution in [-0.4, -0.2) is 49.6 Å². The topological polar surface area (TPSA) is 49.9 Å². The Bertz CT molecular complexity index is 809. The van der Waals surface area contributed by atoms with Crippen LogP contribution in [0.4, 0.5) is 5.69 Å². The van der Waals surface area contributed by atoms with Crippen LogP contribution in [0.3, 0.4) is 0 Å². The second-order valence-corrected chi connectivity index (χ2v) is 6.50. The van der Waals surface area contributed by atoms with Crippen LogP contribution in [-0.2, 0) is 14.3 Å². The first-order valence-corrected chi connectivity index (χ1v) is 9.12. The van der Waals surface area contributed by atoms with E-state index in [1.165, 1.54) is 6.08 Å². The van der Waals surface area contributed by atoms with Gasteiger partial charge in [-0.05, 0) is 36.3 Å². The molecule has 0 bridgehead atoms. The molecular formula is C22H24N2O3. The number of hydrogen-bond donors (Lipinski definition) is 0. The zero-order chi connectivity index (χ0) is 19.1. The number of rotatable bonds is 5. The number of carbonyl (C=O) groups excluding carboxylic acids is 2. The van der Waals surface area contributed by atoms with Gasteiger partial charge in [-0.3, -0.25) is 4.79 Å². The fraction of sp³-hybridized carbons (Fsp3) is 0.273. The van der Waals surface area contributed by atoms with E-state index in [-0.39, 0.29) is 12.5 Å². The highest BCUT2D eigenvalue weighted by Crippen LogP contribution is 2.15. The van der Waals surface area contributed by atoms with E-state index in [0.717, 1.165) is 29.9 Å². The van der Waals surface area contributed by atoms with Crippen LogP contribution in [0, 0.1) is 6.92 Å². The summed E-state index contributed by atoms with van der Waals surface area (Å²) in [4.78, 5) is 28.1. The van der Waals surface area contributed by atoms with Gasteiger partial charge in [0.2, 0.25) is 0 Å². The second kappa shape index (κ2) is 9.03. The molecule has 0 aliphatic carbocycles. The lowest BCUT2D eigenvalue weighted by molar-refractivity contribution is -0.148. The van der Waals surface area contributed by atoms with Crippen LogP contribution >= 0.6 is 0 Å².